The number of ether oxygens (including phenoxy) is 2. The number of carbonyl (C=O) groups excluding carboxylic acids is 1. The lowest BCUT2D eigenvalue weighted by atomic mass is 11.0. The first-order valence-electron chi connectivity index (χ1n) is 3.65. The van der Waals surface area contributed by atoms with Crippen LogP contribution in [0, 0.1) is 0 Å². The number of halogens is 9. The van der Waals surface area contributed by atoms with Gasteiger partial charge in [-0.05, 0) is 0 Å². The Morgan fingerprint density at radius 2 is 1.16 bits per heavy atom. The smallest absolute Gasteiger partial charge is 0.444 e. The predicted molar refractivity (Wildman–Crippen MR) is 45.1 cm³/mol. The molecule has 0 amide bonds. The summed E-state index contributed by atoms with van der Waals surface area (Å²) in [6, 6.07) is -2.16. The number of methoxy groups -OCH3 is 1. The maximum absolute atomic E-state index is 11.2. The summed E-state index contributed by atoms with van der Waals surface area (Å²) in [5, 5.41) is 0. The lowest BCUT2D eigenvalue weighted by molar-refractivity contribution is 0.0563. The highest BCUT2D eigenvalue weighted by Crippen LogP contribution is 2.09. The molecule has 3 nitrogen and oxygen atoms in total. The molecule has 0 spiro atoms. The second-order valence-corrected chi connectivity index (χ2v) is 1.43. The number of rotatable bonds is 2. The second kappa shape index (κ2) is 25.3. The lowest BCUT2D eigenvalue weighted by Crippen LogP contribution is -1.83. The first-order chi connectivity index (χ1) is 8.78. The summed E-state index contributed by atoms with van der Waals surface area (Å²) < 4.78 is 99.2. The van der Waals surface area contributed by atoms with Crippen molar-refractivity contribution < 1.29 is 53.8 Å². The van der Waals surface area contributed by atoms with Crippen molar-refractivity contribution in [1.82, 2.24) is 0 Å². The first kappa shape index (κ1) is 26.0. The Hall–Kier alpha value is -1.62. The van der Waals surface area contributed by atoms with Gasteiger partial charge in [-0.2, -0.15) is 13.2 Å². The number of hydrogen-bond donors (Lipinski definition) is 0. The van der Waals surface area contributed by atoms with Gasteiger partial charge in [-0.25, -0.2) is 26.7 Å². The van der Waals surface area contributed by atoms with Crippen LogP contribution in [0.25, 0.3) is 0 Å². The molecule has 0 unspecified atom stereocenters. The molecule has 0 saturated heterocycles. The lowest BCUT2D eigenvalue weighted by Gasteiger charge is -1.90. The van der Waals surface area contributed by atoms with Gasteiger partial charge < -0.3 is 9.47 Å². The van der Waals surface area contributed by atoms with Gasteiger partial charge in [0.15, 0.2) is 0 Å². The molecule has 0 aromatic rings. The van der Waals surface area contributed by atoms with Crippen molar-refractivity contribution in [3.8, 4) is 0 Å². The van der Waals surface area contributed by atoms with Gasteiger partial charge in [0.05, 0.1) is 7.11 Å². The Bertz CT molecular complexity index is 206. The Morgan fingerprint density at radius 3 is 1.21 bits per heavy atom. The molecule has 0 aromatic heterocycles. The minimum absolute atomic E-state index is 0.975. The zero-order valence-electron chi connectivity index (χ0n) is 9.25. The van der Waals surface area contributed by atoms with E-state index >= 15 is 0 Å². The molecule has 0 heterocycles. The molecule has 12 heteroatoms. The number of carbonyl (C=O) groups is 1. The van der Waals surface area contributed by atoms with E-state index in [9.17, 15) is 39.5 Å². The summed E-state index contributed by atoms with van der Waals surface area (Å²) in [6.45, 7) is -5.08. The van der Waals surface area contributed by atoms with E-state index < -0.39 is 39.0 Å². The number of alkyl halides is 5. The molecule has 0 saturated carbocycles. The molecule has 0 radical (unpaired) electrons. The van der Waals surface area contributed by atoms with Crippen LogP contribution in [-0.4, -0.2) is 34.1 Å². The van der Waals surface area contributed by atoms with Gasteiger partial charge in [-0.1, -0.05) is 0 Å². The average Bonchev–Trinajstić information content (AvgIpc) is 2.32. The highest BCUT2D eigenvalue weighted by Gasteiger charge is 2.03. The Labute approximate surface area is 101 Å². The molecule has 0 aromatic carbocycles. The first-order valence-corrected chi connectivity index (χ1v) is 3.65. The van der Waals surface area contributed by atoms with Crippen LogP contribution in [0.15, 0.2) is 12.1 Å². The molecule has 0 aliphatic carbocycles. The van der Waals surface area contributed by atoms with Gasteiger partial charge in [0.2, 0.25) is 20.7 Å². The third-order valence-corrected chi connectivity index (χ3v) is 0.490. The molecule has 118 valence electrons. The summed E-state index contributed by atoms with van der Waals surface area (Å²) in [6.07, 6.45) is -4.40. The minimum atomic E-state index is -2.65. The van der Waals surface area contributed by atoms with Crippen LogP contribution in [0.5, 0.6) is 0 Å². The maximum atomic E-state index is 11.2. The zero-order chi connectivity index (χ0) is 16.3. The highest BCUT2D eigenvalue weighted by molar-refractivity contribution is 5.57. The summed E-state index contributed by atoms with van der Waals surface area (Å²) in [5.41, 5.74) is 0. The fourth-order valence-corrected chi connectivity index (χ4v) is 0.102. The van der Waals surface area contributed by atoms with Gasteiger partial charge in [0.25, 0.3) is 0 Å². The van der Waals surface area contributed by atoms with Crippen LogP contribution < -0.4 is 0 Å². The standard InChI is InChI=1S/C3H2F4O.C2H3FO2.2CH2F2/c4-1-8-3(7)2(5)6;1-5-2(3)4;2*2-1-3/h1H2;1H3;2*1H2. The van der Waals surface area contributed by atoms with E-state index in [-0.39, 0.29) is 0 Å². The molecule has 19 heavy (non-hydrogen) atoms. The maximum Gasteiger partial charge on any atom is 0.495 e. The van der Waals surface area contributed by atoms with E-state index in [0.29, 0.717) is 0 Å². The molecular weight excluding hydrogens is 303 g/mol. The van der Waals surface area contributed by atoms with Gasteiger partial charge in [0.1, 0.15) is 0 Å². The van der Waals surface area contributed by atoms with E-state index in [1.54, 1.807) is 0 Å². The van der Waals surface area contributed by atoms with E-state index in [0.717, 1.165) is 7.11 Å². The van der Waals surface area contributed by atoms with Gasteiger partial charge in [0, 0.05) is 0 Å². The summed E-state index contributed by atoms with van der Waals surface area (Å²) in [5.74, 6) is 0. The Morgan fingerprint density at radius 1 is 0.895 bits per heavy atom. The second-order valence-electron chi connectivity index (χ2n) is 1.43. The van der Waals surface area contributed by atoms with Crippen LogP contribution in [0.3, 0.4) is 0 Å². The van der Waals surface area contributed by atoms with Crippen LogP contribution in [-0.2, 0) is 9.47 Å². The van der Waals surface area contributed by atoms with E-state index in [1.165, 1.54) is 0 Å². The monoisotopic (exact) mass is 312 g/mol. The van der Waals surface area contributed by atoms with Crippen LogP contribution in [0.1, 0.15) is 0 Å². The zero-order valence-corrected chi connectivity index (χ0v) is 9.25. The quantitative estimate of drug-likeness (QED) is 0.429. The van der Waals surface area contributed by atoms with Crippen molar-refractivity contribution in [3.05, 3.63) is 12.1 Å². The average molecular weight is 312 g/mol. The van der Waals surface area contributed by atoms with E-state index in [2.05, 4.69) is 9.47 Å². The number of hydrogen-bond acceptors (Lipinski definition) is 3. The largest absolute Gasteiger partial charge is 0.495 e. The van der Waals surface area contributed by atoms with Crippen LogP contribution >= 0.6 is 0 Å². The highest BCUT2D eigenvalue weighted by atomic mass is 19.3. The summed E-state index contributed by atoms with van der Waals surface area (Å²) in [4.78, 5) is 8.92. The SMILES string of the molecule is COC(=O)F.FCF.FCF.FCOC(F)=C(F)F. The van der Waals surface area contributed by atoms with Crippen molar-refractivity contribution in [3.63, 3.8) is 0 Å². The van der Waals surface area contributed by atoms with Crippen molar-refractivity contribution >= 4 is 6.22 Å². The fraction of sp³-hybridized carbons (Fsp3) is 0.571. The third-order valence-electron chi connectivity index (χ3n) is 0.490. The van der Waals surface area contributed by atoms with Crippen molar-refractivity contribution in [2.75, 3.05) is 27.8 Å². The van der Waals surface area contributed by atoms with Crippen molar-refractivity contribution in [2.24, 2.45) is 0 Å². The van der Waals surface area contributed by atoms with Gasteiger partial charge in [-0.15, -0.1) is 4.39 Å². The summed E-state index contributed by atoms with van der Waals surface area (Å²) >= 11 is 0. The van der Waals surface area contributed by atoms with E-state index in [4.69, 9.17) is 4.79 Å². The summed E-state index contributed by atoms with van der Waals surface area (Å²) in [7, 11) is 0.975. The van der Waals surface area contributed by atoms with Crippen LogP contribution in [0.4, 0.5) is 44.3 Å². The topological polar surface area (TPSA) is 35.5 Å². The normalized spacial score (nSPS) is 7.26. The Kier molecular flexibility index (Phi) is 34.7. The fourth-order valence-electron chi connectivity index (χ4n) is 0.102. The molecule has 0 atom stereocenters. The van der Waals surface area contributed by atoms with Gasteiger partial charge >= 0.3 is 18.3 Å². The Balaban J connectivity index is -0.0000000879. The predicted octanol–water partition coefficient (Wildman–Crippen LogP) is 4.45. The minimum Gasteiger partial charge on any atom is -0.444 e. The molecule has 0 aliphatic heterocycles. The van der Waals surface area contributed by atoms with Gasteiger partial charge in [-0.3, -0.25) is 0 Å². The molecule has 0 aliphatic rings. The molecule has 0 bridgehead atoms. The van der Waals surface area contributed by atoms with Crippen molar-refractivity contribution in [2.45, 2.75) is 0 Å². The molecular formula is C7H9F9O3. The molecule has 0 N–H and O–H groups in total. The van der Waals surface area contributed by atoms with E-state index in [1.807, 2.05) is 0 Å². The third kappa shape index (κ3) is 62.2. The molecule has 0 fully saturated rings. The van der Waals surface area contributed by atoms with Crippen molar-refractivity contribution in [1.29, 1.82) is 0 Å². The van der Waals surface area contributed by atoms with Crippen LogP contribution in [0.2, 0.25) is 0 Å². The molecule has 0 rings (SSSR count).